The highest BCUT2D eigenvalue weighted by molar-refractivity contribution is 5.92. The van der Waals surface area contributed by atoms with Crippen LogP contribution in [0.25, 0.3) is 0 Å². The molecule has 1 saturated carbocycles. The minimum absolute atomic E-state index is 0.0104. The van der Waals surface area contributed by atoms with Gasteiger partial charge >= 0.3 is 11.9 Å². The first-order valence-corrected chi connectivity index (χ1v) is 6.58. The number of aromatic nitrogens is 3. The van der Waals surface area contributed by atoms with Gasteiger partial charge in [0.2, 0.25) is 5.69 Å². The molecule has 0 amide bonds. The van der Waals surface area contributed by atoms with Crippen LogP contribution in [-0.4, -0.2) is 40.1 Å². The molecule has 0 spiro atoms. The molecule has 1 aliphatic rings. The molecule has 1 aromatic rings. The lowest BCUT2D eigenvalue weighted by molar-refractivity contribution is -0.141. The molecule has 2 N–H and O–H groups in total. The molecule has 8 nitrogen and oxygen atoms in total. The zero-order valence-electron chi connectivity index (χ0n) is 11.4. The normalized spacial score (nSPS) is 15.8. The fourth-order valence-corrected chi connectivity index (χ4v) is 2.16. The van der Waals surface area contributed by atoms with Crippen LogP contribution < -0.4 is 5.73 Å². The molecule has 2 rings (SSSR count). The second kappa shape index (κ2) is 6.36. The molecule has 20 heavy (non-hydrogen) atoms. The number of ether oxygens (including phenoxy) is 2. The second-order valence-electron chi connectivity index (χ2n) is 4.72. The summed E-state index contributed by atoms with van der Waals surface area (Å²) in [4.78, 5) is 23.1. The van der Waals surface area contributed by atoms with E-state index in [1.54, 1.807) is 0 Å². The quantitative estimate of drug-likeness (QED) is 0.802. The molecule has 1 aromatic heterocycles. The van der Waals surface area contributed by atoms with E-state index in [1.807, 2.05) is 0 Å². The first kappa shape index (κ1) is 14.3. The van der Waals surface area contributed by atoms with Crippen molar-refractivity contribution in [2.45, 2.75) is 44.8 Å². The van der Waals surface area contributed by atoms with E-state index in [1.165, 1.54) is 13.5 Å². The summed E-state index contributed by atoms with van der Waals surface area (Å²) in [5.74, 6) is -1.10. The number of carbonyl (C=O) groups is 2. The number of rotatable bonds is 4. The van der Waals surface area contributed by atoms with Crippen LogP contribution in [0.5, 0.6) is 0 Å². The van der Waals surface area contributed by atoms with E-state index in [0.717, 1.165) is 30.4 Å². The molecule has 1 fully saturated rings. The molecule has 0 aromatic carbocycles. The van der Waals surface area contributed by atoms with Gasteiger partial charge in [-0.2, -0.15) is 0 Å². The summed E-state index contributed by atoms with van der Waals surface area (Å²) in [5.41, 5.74) is 5.69. The van der Waals surface area contributed by atoms with Gasteiger partial charge in [0.25, 0.3) is 0 Å². The first-order chi connectivity index (χ1) is 9.61. The van der Waals surface area contributed by atoms with Crippen molar-refractivity contribution in [1.82, 2.24) is 15.0 Å². The predicted octanol–water partition coefficient (Wildman–Crippen LogP) is 0.523. The zero-order chi connectivity index (χ0) is 14.5. The van der Waals surface area contributed by atoms with Crippen LogP contribution >= 0.6 is 0 Å². The Kier molecular flexibility index (Phi) is 4.54. The number of hydrogen-bond donors (Lipinski definition) is 1. The number of esters is 2. The maximum atomic E-state index is 12.0. The molecule has 0 bridgehead atoms. The molecule has 0 aliphatic heterocycles. The fourth-order valence-electron chi connectivity index (χ4n) is 2.16. The van der Waals surface area contributed by atoms with Gasteiger partial charge in [0, 0.05) is 0 Å². The van der Waals surface area contributed by atoms with Gasteiger partial charge in [-0.15, -0.1) is 5.10 Å². The van der Waals surface area contributed by atoms with Crippen LogP contribution in [0.15, 0.2) is 0 Å². The number of anilines is 1. The van der Waals surface area contributed by atoms with Crippen molar-refractivity contribution >= 4 is 17.8 Å². The Labute approximate surface area is 116 Å². The monoisotopic (exact) mass is 282 g/mol. The summed E-state index contributed by atoms with van der Waals surface area (Å²) in [5, 5.41) is 7.33. The van der Waals surface area contributed by atoms with Gasteiger partial charge in [-0.25, -0.2) is 9.48 Å². The van der Waals surface area contributed by atoms with E-state index >= 15 is 0 Å². The lowest BCUT2D eigenvalue weighted by atomic mass is 9.98. The maximum absolute atomic E-state index is 12.0. The average molecular weight is 282 g/mol. The van der Waals surface area contributed by atoms with E-state index in [-0.39, 0.29) is 24.2 Å². The molecule has 1 heterocycles. The fraction of sp³-hybridized carbons (Fsp3) is 0.667. The number of hydrogen-bond acceptors (Lipinski definition) is 7. The van der Waals surface area contributed by atoms with Gasteiger partial charge < -0.3 is 15.2 Å². The number of nitrogen functional groups attached to an aromatic ring is 1. The van der Waals surface area contributed by atoms with Crippen molar-refractivity contribution in [3.63, 3.8) is 0 Å². The SMILES string of the molecule is COC(=O)Cn1nnc(C(=O)OC2CCCCC2)c1N. The highest BCUT2D eigenvalue weighted by atomic mass is 16.5. The van der Waals surface area contributed by atoms with E-state index in [2.05, 4.69) is 15.0 Å². The van der Waals surface area contributed by atoms with Crippen molar-refractivity contribution in [2.24, 2.45) is 0 Å². The van der Waals surface area contributed by atoms with Crippen LogP contribution in [0, 0.1) is 0 Å². The molecular formula is C12H18N4O4. The molecular weight excluding hydrogens is 264 g/mol. The standard InChI is InChI=1S/C12H18N4O4/c1-19-9(17)7-16-11(13)10(14-15-16)12(18)20-8-5-3-2-4-6-8/h8H,2-7,13H2,1H3. The smallest absolute Gasteiger partial charge is 0.363 e. The lowest BCUT2D eigenvalue weighted by Gasteiger charge is -2.21. The minimum atomic E-state index is -0.592. The Morgan fingerprint density at radius 1 is 1.35 bits per heavy atom. The topological polar surface area (TPSA) is 109 Å². The molecule has 0 radical (unpaired) electrons. The largest absolute Gasteiger partial charge is 0.468 e. The second-order valence-corrected chi connectivity index (χ2v) is 4.72. The van der Waals surface area contributed by atoms with E-state index in [4.69, 9.17) is 10.5 Å². The molecule has 8 heteroatoms. The number of carbonyl (C=O) groups excluding carboxylic acids is 2. The van der Waals surface area contributed by atoms with Crippen LogP contribution in [0.4, 0.5) is 5.82 Å². The van der Waals surface area contributed by atoms with Crippen LogP contribution in [-0.2, 0) is 20.8 Å². The first-order valence-electron chi connectivity index (χ1n) is 6.58. The summed E-state index contributed by atoms with van der Waals surface area (Å²) in [6, 6.07) is 0. The van der Waals surface area contributed by atoms with Crippen molar-refractivity contribution in [2.75, 3.05) is 12.8 Å². The summed E-state index contributed by atoms with van der Waals surface area (Å²) >= 11 is 0. The van der Waals surface area contributed by atoms with Crippen LogP contribution in [0.1, 0.15) is 42.6 Å². The molecule has 1 aliphatic carbocycles. The van der Waals surface area contributed by atoms with Gasteiger partial charge in [-0.1, -0.05) is 11.6 Å². The van der Waals surface area contributed by atoms with Crippen molar-refractivity contribution < 1.29 is 19.1 Å². The number of methoxy groups -OCH3 is 1. The molecule has 0 saturated heterocycles. The minimum Gasteiger partial charge on any atom is -0.468 e. The van der Waals surface area contributed by atoms with Gasteiger partial charge in [0.15, 0.2) is 5.82 Å². The summed E-state index contributed by atoms with van der Waals surface area (Å²) in [6.45, 7) is -0.188. The van der Waals surface area contributed by atoms with E-state index < -0.39 is 11.9 Å². The van der Waals surface area contributed by atoms with Crippen LogP contribution in [0.2, 0.25) is 0 Å². The summed E-state index contributed by atoms with van der Waals surface area (Å²) in [6.07, 6.45) is 4.93. The van der Waals surface area contributed by atoms with Crippen LogP contribution in [0.3, 0.4) is 0 Å². The maximum Gasteiger partial charge on any atom is 0.363 e. The third kappa shape index (κ3) is 3.25. The van der Waals surface area contributed by atoms with Gasteiger partial charge in [0.1, 0.15) is 12.6 Å². The summed E-state index contributed by atoms with van der Waals surface area (Å²) < 4.78 is 11.0. The molecule has 0 unspecified atom stereocenters. The third-order valence-corrected chi connectivity index (χ3v) is 3.30. The van der Waals surface area contributed by atoms with Crippen molar-refractivity contribution in [3.05, 3.63) is 5.69 Å². The highest BCUT2D eigenvalue weighted by Crippen LogP contribution is 2.22. The van der Waals surface area contributed by atoms with Gasteiger partial charge in [-0.3, -0.25) is 4.79 Å². The Hall–Kier alpha value is -2.12. The average Bonchev–Trinajstić information content (AvgIpc) is 2.81. The lowest BCUT2D eigenvalue weighted by Crippen LogP contribution is -2.22. The Bertz CT molecular complexity index is 494. The highest BCUT2D eigenvalue weighted by Gasteiger charge is 2.24. The van der Waals surface area contributed by atoms with Gasteiger partial charge in [-0.05, 0) is 25.7 Å². The van der Waals surface area contributed by atoms with Gasteiger partial charge in [0.05, 0.1) is 7.11 Å². The predicted molar refractivity (Wildman–Crippen MR) is 68.7 cm³/mol. The summed E-state index contributed by atoms with van der Waals surface area (Å²) in [7, 11) is 1.26. The van der Waals surface area contributed by atoms with E-state index in [9.17, 15) is 9.59 Å². The number of nitrogens with two attached hydrogens (primary N) is 1. The third-order valence-electron chi connectivity index (χ3n) is 3.30. The zero-order valence-corrected chi connectivity index (χ0v) is 11.4. The Balaban J connectivity index is 2.01. The number of nitrogens with zero attached hydrogens (tertiary/aromatic N) is 3. The Morgan fingerprint density at radius 2 is 2.05 bits per heavy atom. The van der Waals surface area contributed by atoms with Crippen molar-refractivity contribution in [1.29, 1.82) is 0 Å². The van der Waals surface area contributed by atoms with E-state index in [0.29, 0.717) is 0 Å². The van der Waals surface area contributed by atoms with Crippen molar-refractivity contribution in [3.8, 4) is 0 Å². The molecule has 0 atom stereocenters. The molecule has 110 valence electrons. The Morgan fingerprint density at radius 3 is 2.70 bits per heavy atom.